The molecule has 0 N–H and O–H groups in total. The van der Waals surface area contributed by atoms with Crippen LogP contribution in [0.2, 0.25) is 0 Å². The normalized spacial score (nSPS) is 18.1. The lowest BCUT2D eigenvalue weighted by atomic mass is 10.1. The van der Waals surface area contributed by atoms with E-state index < -0.39 is 0 Å². The fraction of sp³-hybridized carbons (Fsp3) is 0.583. The van der Waals surface area contributed by atoms with E-state index in [4.69, 9.17) is 9.15 Å². The van der Waals surface area contributed by atoms with Crippen molar-refractivity contribution in [1.82, 2.24) is 0 Å². The molecular formula is C12H15Br2NO2S. The zero-order valence-corrected chi connectivity index (χ0v) is 14.7. The SMILES string of the molecule is CC(C)Sc1c(C2=NC(C)(C)CO2)oc(Br)c1Br. The molecule has 0 atom stereocenters. The minimum atomic E-state index is -0.180. The number of ether oxygens (including phenoxy) is 1. The second-order valence-corrected chi connectivity index (χ2v) is 8.13. The number of aliphatic imine (C=N–C) groups is 1. The van der Waals surface area contributed by atoms with E-state index in [1.165, 1.54) is 0 Å². The Kier molecular flexibility index (Phi) is 4.19. The molecule has 0 saturated heterocycles. The molecule has 1 aromatic rings. The molecule has 0 radical (unpaired) electrons. The van der Waals surface area contributed by atoms with E-state index >= 15 is 0 Å². The van der Waals surface area contributed by atoms with Gasteiger partial charge in [0.05, 0.1) is 14.9 Å². The molecule has 0 aliphatic carbocycles. The van der Waals surface area contributed by atoms with Gasteiger partial charge in [-0.1, -0.05) is 13.8 Å². The molecule has 0 bridgehead atoms. The van der Waals surface area contributed by atoms with E-state index in [-0.39, 0.29) is 5.54 Å². The fourth-order valence-electron chi connectivity index (χ4n) is 1.55. The Morgan fingerprint density at radius 1 is 1.33 bits per heavy atom. The maximum atomic E-state index is 5.72. The molecule has 0 unspecified atom stereocenters. The minimum absolute atomic E-state index is 0.180. The van der Waals surface area contributed by atoms with Crippen LogP contribution in [-0.2, 0) is 4.74 Å². The van der Waals surface area contributed by atoms with Gasteiger partial charge in [-0.2, -0.15) is 0 Å². The number of hydrogen-bond acceptors (Lipinski definition) is 4. The van der Waals surface area contributed by atoms with Gasteiger partial charge < -0.3 is 9.15 Å². The van der Waals surface area contributed by atoms with Crippen LogP contribution < -0.4 is 0 Å². The highest BCUT2D eigenvalue weighted by Crippen LogP contribution is 2.42. The van der Waals surface area contributed by atoms with Gasteiger partial charge in [-0.25, -0.2) is 4.99 Å². The van der Waals surface area contributed by atoms with Gasteiger partial charge in [0, 0.05) is 5.25 Å². The molecule has 0 amide bonds. The quantitative estimate of drug-likeness (QED) is 0.684. The molecule has 2 rings (SSSR count). The van der Waals surface area contributed by atoms with Crippen molar-refractivity contribution in [2.75, 3.05) is 6.61 Å². The van der Waals surface area contributed by atoms with E-state index in [9.17, 15) is 0 Å². The van der Waals surface area contributed by atoms with Crippen LogP contribution in [0.4, 0.5) is 0 Å². The molecule has 3 nitrogen and oxygen atoms in total. The Morgan fingerprint density at radius 2 is 2.00 bits per heavy atom. The van der Waals surface area contributed by atoms with Crippen molar-refractivity contribution in [1.29, 1.82) is 0 Å². The van der Waals surface area contributed by atoms with Crippen LogP contribution in [0.25, 0.3) is 0 Å². The van der Waals surface area contributed by atoms with E-state index in [1.807, 2.05) is 13.8 Å². The van der Waals surface area contributed by atoms with Crippen molar-refractivity contribution < 1.29 is 9.15 Å². The Hall–Kier alpha value is 0.0600. The summed E-state index contributed by atoms with van der Waals surface area (Å²) in [7, 11) is 0. The van der Waals surface area contributed by atoms with Crippen LogP contribution in [0.1, 0.15) is 33.5 Å². The van der Waals surface area contributed by atoms with E-state index in [2.05, 4.69) is 50.7 Å². The van der Waals surface area contributed by atoms with Crippen LogP contribution in [0.5, 0.6) is 0 Å². The van der Waals surface area contributed by atoms with E-state index in [0.717, 1.165) is 9.37 Å². The molecule has 2 heterocycles. The fourth-order valence-corrected chi connectivity index (χ4v) is 3.49. The zero-order valence-electron chi connectivity index (χ0n) is 10.7. The first-order valence-corrected chi connectivity index (χ1v) is 8.14. The lowest BCUT2D eigenvalue weighted by molar-refractivity contribution is 0.274. The summed E-state index contributed by atoms with van der Waals surface area (Å²) in [4.78, 5) is 5.59. The highest BCUT2D eigenvalue weighted by Gasteiger charge is 2.32. The minimum Gasteiger partial charge on any atom is -0.473 e. The first kappa shape index (κ1) is 14.5. The first-order chi connectivity index (χ1) is 8.30. The van der Waals surface area contributed by atoms with Gasteiger partial charge >= 0.3 is 0 Å². The number of halogens is 2. The molecule has 1 aliphatic heterocycles. The second-order valence-electron chi connectivity index (χ2n) is 5.03. The van der Waals surface area contributed by atoms with Crippen LogP contribution in [-0.4, -0.2) is 23.3 Å². The van der Waals surface area contributed by atoms with Gasteiger partial charge in [-0.3, -0.25) is 0 Å². The van der Waals surface area contributed by atoms with E-state index in [0.29, 0.717) is 28.2 Å². The summed E-state index contributed by atoms with van der Waals surface area (Å²) < 4.78 is 13.0. The van der Waals surface area contributed by atoms with Crippen LogP contribution in [0.3, 0.4) is 0 Å². The second kappa shape index (κ2) is 5.21. The molecule has 6 heteroatoms. The third kappa shape index (κ3) is 2.96. The number of hydrogen-bond donors (Lipinski definition) is 0. The van der Waals surface area contributed by atoms with Gasteiger partial charge in [0.1, 0.15) is 6.61 Å². The molecule has 0 saturated carbocycles. The Bertz CT molecular complexity index is 495. The Labute approximate surface area is 128 Å². The maximum Gasteiger partial charge on any atom is 0.255 e. The third-order valence-corrected chi connectivity index (χ3v) is 5.49. The predicted molar refractivity (Wildman–Crippen MR) is 81.7 cm³/mol. The van der Waals surface area contributed by atoms with Crippen LogP contribution >= 0.6 is 43.6 Å². The Morgan fingerprint density at radius 3 is 2.50 bits per heavy atom. The average Bonchev–Trinajstić information content (AvgIpc) is 2.72. The summed E-state index contributed by atoms with van der Waals surface area (Å²) >= 11 is 8.66. The molecule has 0 spiro atoms. The van der Waals surface area contributed by atoms with E-state index in [1.54, 1.807) is 11.8 Å². The molecule has 18 heavy (non-hydrogen) atoms. The molecule has 100 valence electrons. The van der Waals surface area contributed by atoms with Crippen molar-refractivity contribution in [3.05, 3.63) is 14.9 Å². The van der Waals surface area contributed by atoms with Crippen LogP contribution in [0.15, 0.2) is 23.4 Å². The van der Waals surface area contributed by atoms with Gasteiger partial charge in [0.15, 0.2) is 4.67 Å². The largest absolute Gasteiger partial charge is 0.473 e. The van der Waals surface area contributed by atoms with Crippen molar-refractivity contribution in [3.63, 3.8) is 0 Å². The lowest BCUT2D eigenvalue weighted by Crippen LogP contribution is -2.17. The summed E-state index contributed by atoms with van der Waals surface area (Å²) in [5, 5.41) is 0.458. The van der Waals surface area contributed by atoms with Crippen LogP contribution in [0, 0.1) is 0 Å². The summed E-state index contributed by atoms with van der Waals surface area (Å²) in [6.45, 7) is 8.96. The smallest absolute Gasteiger partial charge is 0.255 e. The summed E-state index contributed by atoms with van der Waals surface area (Å²) in [5.74, 6) is 1.30. The maximum absolute atomic E-state index is 5.72. The average molecular weight is 397 g/mol. The molecule has 0 fully saturated rings. The predicted octanol–water partition coefficient (Wildman–Crippen LogP) is 4.86. The van der Waals surface area contributed by atoms with Crippen molar-refractivity contribution in [3.8, 4) is 0 Å². The first-order valence-electron chi connectivity index (χ1n) is 5.67. The van der Waals surface area contributed by atoms with Crippen molar-refractivity contribution in [2.24, 2.45) is 4.99 Å². The standard InChI is InChI=1S/C12H15Br2NO2S/c1-6(2)18-9-7(13)10(14)17-8(9)11-15-12(3,4)5-16-11/h6H,5H2,1-4H3. The molecule has 1 aliphatic rings. The number of nitrogens with zero attached hydrogens (tertiary/aromatic N) is 1. The molecule has 0 aromatic carbocycles. The number of thioether (sulfide) groups is 1. The van der Waals surface area contributed by atoms with Crippen molar-refractivity contribution >= 4 is 49.5 Å². The van der Waals surface area contributed by atoms with Gasteiger partial charge in [0.25, 0.3) is 5.90 Å². The highest BCUT2D eigenvalue weighted by molar-refractivity contribution is 9.13. The highest BCUT2D eigenvalue weighted by atomic mass is 79.9. The van der Waals surface area contributed by atoms with Gasteiger partial charge in [0.2, 0.25) is 5.76 Å². The molecule has 1 aromatic heterocycles. The number of furan rings is 1. The lowest BCUT2D eigenvalue weighted by Gasteiger charge is -2.07. The zero-order chi connectivity index (χ0) is 13.5. The van der Waals surface area contributed by atoms with Gasteiger partial charge in [-0.15, -0.1) is 11.8 Å². The third-order valence-electron chi connectivity index (χ3n) is 2.28. The summed E-state index contributed by atoms with van der Waals surface area (Å²) in [6.07, 6.45) is 0. The summed E-state index contributed by atoms with van der Waals surface area (Å²) in [5.41, 5.74) is -0.180. The number of rotatable bonds is 3. The monoisotopic (exact) mass is 395 g/mol. The molecular weight excluding hydrogens is 382 g/mol. The van der Waals surface area contributed by atoms with Gasteiger partial charge in [-0.05, 0) is 45.7 Å². The van der Waals surface area contributed by atoms with Crippen molar-refractivity contribution in [2.45, 2.75) is 43.4 Å². The summed E-state index contributed by atoms with van der Waals surface area (Å²) in [6, 6.07) is 0. The topological polar surface area (TPSA) is 34.7 Å². The Balaban J connectivity index is 2.42.